The van der Waals surface area contributed by atoms with Gasteiger partial charge in [0.05, 0.1) is 0 Å². The van der Waals surface area contributed by atoms with Crippen molar-refractivity contribution >= 4 is 11.8 Å². The Morgan fingerprint density at radius 3 is 2.44 bits per heavy atom. The van der Waals surface area contributed by atoms with Crippen LogP contribution in [-0.2, 0) is 9.59 Å². The largest absolute Gasteiger partial charge is 0.480 e. The smallest absolute Gasteiger partial charge is 0.317 e. The summed E-state index contributed by atoms with van der Waals surface area (Å²) in [5.74, 6) is -0.0234. The maximum atomic E-state index is 12.2. The second kappa shape index (κ2) is 5.41. The van der Waals surface area contributed by atoms with Crippen LogP contribution in [0, 0.1) is 17.3 Å². The molecule has 1 N–H and O–H groups in total. The molecule has 0 saturated heterocycles. The molecular weight excluding hydrogens is 228 g/mol. The van der Waals surface area contributed by atoms with Crippen LogP contribution in [0.5, 0.6) is 0 Å². The zero-order valence-electron chi connectivity index (χ0n) is 11.3. The fourth-order valence-corrected chi connectivity index (χ4v) is 3.95. The van der Waals surface area contributed by atoms with Crippen molar-refractivity contribution in [2.24, 2.45) is 17.3 Å². The van der Waals surface area contributed by atoms with E-state index in [-0.39, 0.29) is 11.7 Å². The van der Waals surface area contributed by atoms with Crippen molar-refractivity contribution in [2.45, 2.75) is 64.7 Å². The van der Waals surface area contributed by atoms with Gasteiger partial charge in [0, 0.05) is 6.42 Å². The van der Waals surface area contributed by atoms with Crippen molar-refractivity contribution in [3.8, 4) is 0 Å². The highest BCUT2D eigenvalue weighted by Crippen LogP contribution is 2.47. The van der Waals surface area contributed by atoms with E-state index in [1.807, 2.05) is 0 Å². The molecule has 0 aliphatic heterocycles. The van der Waals surface area contributed by atoms with E-state index >= 15 is 0 Å². The summed E-state index contributed by atoms with van der Waals surface area (Å²) in [6.07, 6.45) is 8.05. The molecular formula is C15H24O3. The SMILES string of the molecule is CCC1CCC(C2(C(=O)O)CCCCC2=O)CC1. The zero-order valence-corrected chi connectivity index (χ0v) is 11.3. The standard InChI is InChI=1S/C15H24O3/c1-2-11-6-8-12(9-7-11)15(14(17)18)10-4-3-5-13(15)16/h11-12H,2-10H2,1H3,(H,17,18). The zero-order chi connectivity index (χ0) is 13.2. The monoisotopic (exact) mass is 252 g/mol. The molecule has 102 valence electrons. The van der Waals surface area contributed by atoms with Crippen LogP contribution in [-0.4, -0.2) is 16.9 Å². The lowest BCUT2D eigenvalue weighted by atomic mass is 9.60. The Labute approximate surface area is 109 Å². The van der Waals surface area contributed by atoms with Crippen molar-refractivity contribution in [1.29, 1.82) is 0 Å². The van der Waals surface area contributed by atoms with E-state index < -0.39 is 11.4 Å². The fraction of sp³-hybridized carbons (Fsp3) is 0.867. The van der Waals surface area contributed by atoms with Gasteiger partial charge in [-0.2, -0.15) is 0 Å². The molecule has 2 saturated carbocycles. The van der Waals surface area contributed by atoms with Gasteiger partial charge in [-0.15, -0.1) is 0 Å². The molecule has 18 heavy (non-hydrogen) atoms. The lowest BCUT2D eigenvalue weighted by molar-refractivity contribution is -0.163. The van der Waals surface area contributed by atoms with Gasteiger partial charge in [0.1, 0.15) is 11.2 Å². The van der Waals surface area contributed by atoms with Crippen LogP contribution < -0.4 is 0 Å². The number of carboxylic acids is 1. The van der Waals surface area contributed by atoms with Crippen LogP contribution in [0.3, 0.4) is 0 Å². The molecule has 0 aromatic rings. The van der Waals surface area contributed by atoms with Gasteiger partial charge in [-0.3, -0.25) is 9.59 Å². The average Bonchev–Trinajstić information content (AvgIpc) is 2.39. The summed E-state index contributed by atoms with van der Waals surface area (Å²) < 4.78 is 0. The van der Waals surface area contributed by atoms with E-state index in [0.717, 1.165) is 44.4 Å². The number of Topliss-reactive ketones (excluding diaryl/α,β-unsaturated/α-hetero) is 1. The average molecular weight is 252 g/mol. The van der Waals surface area contributed by atoms with Crippen molar-refractivity contribution in [3.05, 3.63) is 0 Å². The minimum atomic E-state index is -1.03. The van der Waals surface area contributed by atoms with Gasteiger partial charge in [0.15, 0.2) is 0 Å². The highest BCUT2D eigenvalue weighted by molar-refractivity contribution is 6.03. The van der Waals surface area contributed by atoms with Crippen LogP contribution in [0.1, 0.15) is 64.7 Å². The fourth-order valence-electron chi connectivity index (χ4n) is 3.95. The lowest BCUT2D eigenvalue weighted by Gasteiger charge is -2.42. The van der Waals surface area contributed by atoms with Gasteiger partial charge in [-0.1, -0.05) is 32.6 Å². The maximum absolute atomic E-state index is 12.2. The summed E-state index contributed by atoms with van der Waals surface area (Å²) in [7, 11) is 0. The van der Waals surface area contributed by atoms with Crippen molar-refractivity contribution in [3.63, 3.8) is 0 Å². The molecule has 2 aliphatic rings. The number of hydrogen-bond donors (Lipinski definition) is 1. The Morgan fingerprint density at radius 2 is 1.94 bits per heavy atom. The Morgan fingerprint density at radius 1 is 1.28 bits per heavy atom. The molecule has 2 fully saturated rings. The summed E-state index contributed by atoms with van der Waals surface area (Å²) in [6.45, 7) is 2.20. The molecule has 0 aromatic carbocycles. The Kier molecular flexibility index (Phi) is 4.08. The number of aliphatic carboxylic acids is 1. The second-order valence-corrected chi connectivity index (χ2v) is 6.03. The highest BCUT2D eigenvalue weighted by atomic mass is 16.4. The van der Waals surface area contributed by atoms with Gasteiger partial charge in [0.2, 0.25) is 0 Å². The van der Waals surface area contributed by atoms with E-state index in [1.165, 1.54) is 6.42 Å². The third kappa shape index (κ3) is 2.19. The normalized spacial score (nSPS) is 37.5. The van der Waals surface area contributed by atoms with Gasteiger partial charge < -0.3 is 5.11 Å². The first-order chi connectivity index (χ1) is 8.61. The maximum Gasteiger partial charge on any atom is 0.317 e. The molecule has 3 heteroatoms. The van der Waals surface area contributed by atoms with E-state index in [9.17, 15) is 14.7 Å². The molecule has 0 spiro atoms. The Bertz CT molecular complexity index is 329. The van der Waals surface area contributed by atoms with E-state index in [1.54, 1.807) is 0 Å². The minimum Gasteiger partial charge on any atom is -0.480 e. The molecule has 1 atom stereocenters. The number of carbonyl (C=O) groups is 2. The van der Waals surface area contributed by atoms with Crippen LogP contribution in [0.4, 0.5) is 0 Å². The molecule has 0 radical (unpaired) electrons. The number of carboxylic acid groups (broad SMARTS) is 1. The Balaban J connectivity index is 2.16. The first-order valence-corrected chi connectivity index (χ1v) is 7.38. The van der Waals surface area contributed by atoms with Crippen LogP contribution in [0.25, 0.3) is 0 Å². The first kappa shape index (κ1) is 13.6. The number of ketones is 1. The van der Waals surface area contributed by atoms with Gasteiger partial charge >= 0.3 is 5.97 Å². The predicted octanol–water partition coefficient (Wildman–Crippen LogP) is 3.42. The Hall–Kier alpha value is -0.860. The third-order valence-corrected chi connectivity index (χ3v) is 5.23. The predicted molar refractivity (Wildman–Crippen MR) is 69.3 cm³/mol. The molecule has 1 unspecified atom stereocenters. The quantitative estimate of drug-likeness (QED) is 0.783. The molecule has 0 bridgehead atoms. The van der Waals surface area contributed by atoms with Crippen LogP contribution in [0.2, 0.25) is 0 Å². The number of carbonyl (C=O) groups excluding carboxylic acids is 1. The molecule has 2 rings (SSSR count). The minimum absolute atomic E-state index is 0.00111. The van der Waals surface area contributed by atoms with E-state index in [0.29, 0.717) is 12.8 Å². The van der Waals surface area contributed by atoms with Gasteiger partial charge in [-0.25, -0.2) is 0 Å². The molecule has 0 heterocycles. The summed E-state index contributed by atoms with van der Waals surface area (Å²) >= 11 is 0. The molecule has 0 aromatic heterocycles. The second-order valence-electron chi connectivity index (χ2n) is 6.03. The third-order valence-electron chi connectivity index (χ3n) is 5.23. The molecule has 0 amide bonds. The van der Waals surface area contributed by atoms with Crippen molar-refractivity contribution in [1.82, 2.24) is 0 Å². The van der Waals surface area contributed by atoms with Gasteiger partial charge in [-0.05, 0) is 37.5 Å². The first-order valence-electron chi connectivity index (χ1n) is 7.38. The topological polar surface area (TPSA) is 54.4 Å². The highest BCUT2D eigenvalue weighted by Gasteiger charge is 2.52. The van der Waals surface area contributed by atoms with Crippen LogP contribution >= 0.6 is 0 Å². The summed E-state index contributed by atoms with van der Waals surface area (Å²) in [5.41, 5.74) is -1.03. The number of rotatable bonds is 3. The van der Waals surface area contributed by atoms with Crippen LogP contribution in [0.15, 0.2) is 0 Å². The van der Waals surface area contributed by atoms with Crippen molar-refractivity contribution < 1.29 is 14.7 Å². The summed E-state index contributed by atoms with van der Waals surface area (Å²) in [4.78, 5) is 23.9. The van der Waals surface area contributed by atoms with E-state index in [4.69, 9.17) is 0 Å². The summed E-state index contributed by atoms with van der Waals surface area (Å²) in [5, 5.41) is 9.61. The number of hydrogen-bond acceptors (Lipinski definition) is 2. The van der Waals surface area contributed by atoms with Gasteiger partial charge in [0.25, 0.3) is 0 Å². The molecule has 2 aliphatic carbocycles. The van der Waals surface area contributed by atoms with E-state index in [2.05, 4.69) is 6.92 Å². The lowest BCUT2D eigenvalue weighted by Crippen LogP contribution is -2.48. The summed E-state index contributed by atoms with van der Waals surface area (Å²) in [6, 6.07) is 0. The van der Waals surface area contributed by atoms with Crippen molar-refractivity contribution in [2.75, 3.05) is 0 Å². The molecule has 3 nitrogen and oxygen atoms in total.